The topological polar surface area (TPSA) is 0 Å². The second-order valence-corrected chi connectivity index (χ2v) is 3.61. The fourth-order valence-electron chi connectivity index (χ4n) is 1.38. The summed E-state index contributed by atoms with van der Waals surface area (Å²) in [5.41, 5.74) is 0.416. The molecule has 2 atom stereocenters. The van der Waals surface area contributed by atoms with Crippen LogP contribution in [0.4, 0.5) is 8.78 Å². The van der Waals surface area contributed by atoms with Gasteiger partial charge in [-0.15, -0.1) is 0 Å². The van der Waals surface area contributed by atoms with E-state index in [2.05, 4.69) is 0 Å². The molecule has 0 bridgehead atoms. The Kier molecular flexibility index (Phi) is 2.65. The fraction of sp³-hybridized carbons (Fsp3) is 0.600. The van der Waals surface area contributed by atoms with Crippen LogP contribution in [0.15, 0.2) is 23.6 Å². The molecular weight excluding hydrogens is 158 g/mol. The van der Waals surface area contributed by atoms with Crippen molar-refractivity contribution >= 4 is 0 Å². The SMILES string of the molecule is CC1=C(F)C(F)C(C(C)C)C=C1. The van der Waals surface area contributed by atoms with Gasteiger partial charge in [-0.3, -0.25) is 0 Å². The van der Waals surface area contributed by atoms with Gasteiger partial charge in [0.25, 0.3) is 0 Å². The Morgan fingerprint density at radius 1 is 1.42 bits per heavy atom. The summed E-state index contributed by atoms with van der Waals surface area (Å²) in [5, 5.41) is 0. The lowest BCUT2D eigenvalue weighted by Crippen LogP contribution is -2.23. The molecule has 0 aromatic rings. The van der Waals surface area contributed by atoms with E-state index in [0.717, 1.165) is 0 Å². The van der Waals surface area contributed by atoms with Crippen molar-refractivity contribution in [1.29, 1.82) is 0 Å². The molecule has 1 aliphatic carbocycles. The Morgan fingerprint density at radius 2 is 2.00 bits per heavy atom. The third-order valence-corrected chi connectivity index (χ3v) is 2.30. The number of hydrogen-bond acceptors (Lipinski definition) is 0. The highest BCUT2D eigenvalue weighted by Crippen LogP contribution is 2.31. The Bertz CT molecular complexity index is 226. The van der Waals surface area contributed by atoms with Crippen LogP contribution in [0.3, 0.4) is 0 Å². The Hall–Kier alpha value is -0.660. The maximum atomic E-state index is 13.3. The van der Waals surface area contributed by atoms with E-state index in [4.69, 9.17) is 0 Å². The normalized spacial score (nSPS) is 30.2. The highest BCUT2D eigenvalue weighted by atomic mass is 19.2. The van der Waals surface area contributed by atoms with Gasteiger partial charge in [-0.05, 0) is 18.4 Å². The summed E-state index contributed by atoms with van der Waals surface area (Å²) in [6.45, 7) is 5.39. The average molecular weight is 172 g/mol. The molecule has 0 N–H and O–H groups in total. The van der Waals surface area contributed by atoms with Crippen LogP contribution in [0, 0.1) is 11.8 Å². The van der Waals surface area contributed by atoms with E-state index >= 15 is 0 Å². The number of alkyl halides is 1. The summed E-state index contributed by atoms with van der Waals surface area (Å²) in [6, 6.07) is 0. The van der Waals surface area contributed by atoms with Crippen molar-refractivity contribution in [3.05, 3.63) is 23.6 Å². The molecule has 0 fully saturated rings. The summed E-state index contributed by atoms with van der Waals surface area (Å²) in [5.74, 6) is -0.750. The van der Waals surface area contributed by atoms with Crippen LogP contribution in [0.2, 0.25) is 0 Å². The smallest absolute Gasteiger partial charge is 0.158 e. The predicted molar refractivity (Wildman–Crippen MR) is 46.2 cm³/mol. The summed E-state index contributed by atoms with van der Waals surface area (Å²) in [4.78, 5) is 0. The van der Waals surface area contributed by atoms with E-state index in [1.165, 1.54) is 0 Å². The van der Waals surface area contributed by atoms with Gasteiger partial charge < -0.3 is 0 Å². The van der Waals surface area contributed by atoms with Crippen molar-refractivity contribution in [2.45, 2.75) is 26.9 Å². The van der Waals surface area contributed by atoms with E-state index in [-0.39, 0.29) is 11.8 Å². The Balaban J connectivity index is 2.85. The van der Waals surface area contributed by atoms with E-state index in [0.29, 0.717) is 5.57 Å². The number of hydrogen-bond donors (Lipinski definition) is 0. The lowest BCUT2D eigenvalue weighted by molar-refractivity contribution is 0.218. The lowest BCUT2D eigenvalue weighted by atomic mass is 9.86. The molecule has 2 unspecified atom stereocenters. The minimum atomic E-state index is -1.44. The van der Waals surface area contributed by atoms with Gasteiger partial charge in [-0.2, -0.15) is 0 Å². The van der Waals surface area contributed by atoms with Crippen LogP contribution >= 0.6 is 0 Å². The molecule has 0 heterocycles. The van der Waals surface area contributed by atoms with Gasteiger partial charge in [0.2, 0.25) is 0 Å². The lowest BCUT2D eigenvalue weighted by Gasteiger charge is -2.24. The van der Waals surface area contributed by atoms with Crippen LogP contribution in [-0.2, 0) is 0 Å². The molecule has 0 nitrogen and oxygen atoms in total. The average Bonchev–Trinajstić information content (AvgIpc) is 2.00. The van der Waals surface area contributed by atoms with Crippen molar-refractivity contribution in [1.82, 2.24) is 0 Å². The first-order chi connectivity index (χ1) is 5.54. The molecule has 2 heteroatoms. The standard InChI is InChI=1S/C10H14F2/c1-6(2)8-5-4-7(3)9(11)10(8)12/h4-6,8,10H,1-3H3. The first-order valence-corrected chi connectivity index (χ1v) is 4.22. The highest BCUT2D eigenvalue weighted by molar-refractivity contribution is 5.28. The minimum absolute atomic E-state index is 0.148. The fourth-order valence-corrected chi connectivity index (χ4v) is 1.38. The molecule has 0 aromatic carbocycles. The summed E-state index contributed by atoms with van der Waals surface area (Å²) < 4.78 is 26.3. The Labute approximate surface area is 72.0 Å². The van der Waals surface area contributed by atoms with Crippen molar-refractivity contribution in [3.8, 4) is 0 Å². The zero-order valence-electron chi connectivity index (χ0n) is 7.64. The largest absolute Gasteiger partial charge is 0.239 e. The molecule has 0 amide bonds. The number of rotatable bonds is 1. The van der Waals surface area contributed by atoms with Crippen LogP contribution in [0.25, 0.3) is 0 Å². The maximum absolute atomic E-state index is 13.3. The molecule has 0 saturated heterocycles. The molecule has 68 valence electrons. The molecular formula is C10H14F2. The van der Waals surface area contributed by atoms with Gasteiger partial charge in [0.1, 0.15) is 5.83 Å². The minimum Gasteiger partial charge on any atom is -0.239 e. The second-order valence-electron chi connectivity index (χ2n) is 3.61. The van der Waals surface area contributed by atoms with E-state index < -0.39 is 12.0 Å². The molecule has 0 aliphatic heterocycles. The summed E-state index contributed by atoms with van der Waals surface area (Å²) >= 11 is 0. The number of allylic oxidation sites excluding steroid dienone is 4. The zero-order chi connectivity index (χ0) is 9.30. The molecule has 0 radical (unpaired) electrons. The van der Waals surface area contributed by atoms with Gasteiger partial charge in [0.15, 0.2) is 6.17 Å². The molecule has 0 spiro atoms. The highest BCUT2D eigenvalue weighted by Gasteiger charge is 2.29. The van der Waals surface area contributed by atoms with Crippen molar-refractivity contribution in [2.75, 3.05) is 0 Å². The van der Waals surface area contributed by atoms with E-state index in [1.54, 1.807) is 19.1 Å². The van der Waals surface area contributed by atoms with Gasteiger partial charge >= 0.3 is 0 Å². The second kappa shape index (κ2) is 3.38. The first-order valence-electron chi connectivity index (χ1n) is 4.22. The van der Waals surface area contributed by atoms with Crippen molar-refractivity contribution in [2.24, 2.45) is 11.8 Å². The van der Waals surface area contributed by atoms with Gasteiger partial charge in [0.05, 0.1) is 0 Å². The first kappa shape index (κ1) is 9.43. The van der Waals surface area contributed by atoms with Crippen molar-refractivity contribution < 1.29 is 8.78 Å². The third kappa shape index (κ3) is 1.57. The van der Waals surface area contributed by atoms with E-state index in [9.17, 15) is 8.78 Å². The third-order valence-electron chi connectivity index (χ3n) is 2.30. The summed E-state index contributed by atoms with van der Waals surface area (Å²) in [6.07, 6.45) is 1.99. The Morgan fingerprint density at radius 3 is 2.50 bits per heavy atom. The number of halogens is 2. The monoisotopic (exact) mass is 172 g/mol. The summed E-state index contributed by atoms with van der Waals surface area (Å²) in [7, 11) is 0. The van der Waals surface area contributed by atoms with Crippen LogP contribution in [0.1, 0.15) is 20.8 Å². The molecule has 1 aliphatic rings. The molecule has 0 aromatic heterocycles. The molecule has 0 saturated carbocycles. The van der Waals surface area contributed by atoms with Gasteiger partial charge in [0, 0.05) is 5.92 Å². The van der Waals surface area contributed by atoms with Crippen LogP contribution in [0.5, 0.6) is 0 Å². The van der Waals surface area contributed by atoms with Crippen molar-refractivity contribution in [3.63, 3.8) is 0 Å². The van der Waals surface area contributed by atoms with Gasteiger partial charge in [-0.25, -0.2) is 8.78 Å². The van der Waals surface area contributed by atoms with Gasteiger partial charge in [-0.1, -0.05) is 26.0 Å². The predicted octanol–water partition coefficient (Wildman–Crippen LogP) is 3.41. The van der Waals surface area contributed by atoms with Crippen LogP contribution in [-0.4, -0.2) is 6.17 Å². The maximum Gasteiger partial charge on any atom is 0.158 e. The molecule has 12 heavy (non-hydrogen) atoms. The van der Waals surface area contributed by atoms with Crippen LogP contribution < -0.4 is 0 Å². The molecule has 1 rings (SSSR count). The quantitative estimate of drug-likeness (QED) is 0.568. The zero-order valence-corrected chi connectivity index (χ0v) is 7.64. The van der Waals surface area contributed by atoms with E-state index in [1.807, 2.05) is 13.8 Å².